The molecule has 0 saturated carbocycles. The van der Waals surface area contributed by atoms with E-state index in [9.17, 15) is 14.0 Å². The molecule has 0 aliphatic rings. The molecule has 144 valence electrons. The highest BCUT2D eigenvalue weighted by Gasteiger charge is 2.15. The molecule has 1 amide bonds. The van der Waals surface area contributed by atoms with E-state index in [0.29, 0.717) is 13.2 Å². The third-order valence-corrected chi connectivity index (χ3v) is 3.79. The summed E-state index contributed by atoms with van der Waals surface area (Å²) in [6.45, 7) is 2.42. The lowest BCUT2D eigenvalue weighted by Crippen LogP contribution is -2.30. The number of methoxy groups -OCH3 is 1. The number of esters is 1. The minimum Gasteiger partial charge on any atom is -0.494 e. The molecule has 7 heteroatoms. The Labute approximate surface area is 157 Å². The van der Waals surface area contributed by atoms with Crippen LogP contribution in [0, 0.1) is 5.82 Å². The summed E-state index contributed by atoms with van der Waals surface area (Å²) in [7, 11) is 2.94. The van der Waals surface area contributed by atoms with Crippen LogP contribution in [0.3, 0.4) is 0 Å². The van der Waals surface area contributed by atoms with Gasteiger partial charge in [0.15, 0.2) is 18.2 Å². The zero-order valence-corrected chi connectivity index (χ0v) is 15.5. The second-order valence-electron chi connectivity index (χ2n) is 5.75. The third kappa shape index (κ3) is 5.70. The molecule has 0 N–H and O–H groups in total. The second kappa shape index (κ2) is 9.56. The topological polar surface area (TPSA) is 65.1 Å². The number of hydrogen-bond donors (Lipinski definition) is 0. The smallest absolute Gasteiger partial charge is 0.338 e. The van der Waals surface area contributed by atoms with Crippen LogP contribution in [0.25, 0.3) is 0 Å². The van der Waals surface area contributed by atoms with Gasteiger partial charge in [0.25, 0.3) is 5.91 Å². The predicted octanol–water partition coefficient (Wildman–Crippen LogP) is 3.05. The van der Waals surface area contributed by atoms with Crippen LogP contribution in [0.5, 0.6) is 11.5 Å². The molecule has 2 aromatic carbocycles. The van der Waals surface area contributed by atoms with E-state index in [0.717, 1.165) is 17.4 Å². The molecule has 0 aliphatic heterocycles. The number of likely N-dealkylation sites (N-methyl/N-ethyl adjacent to an activating group) is 1. The number of halogens is 1. The lowest BCUT2D eigenvalue weighted by Gasteiger charge is -2.17. The first-order valence-electron chi connectivity index (χ1n) is 8.41. The minimum absolute atomic E-state index is 0.00951. The average molecular weight is 375 g/mol. The van der Waals surface area contributed by atoms with E-state index in [4.69, 9.17) is 14.2 Å². The molecule has 0 saturated heterocycles. The molecule has 0 heterocycles. The van der Waals surface area contributed by atoms with E-state index in [2.05, 4.69) is 0 Å². The van der Waals surface area contributed by atoms with E-state index in [1.54, 1.807) is 7.05 Å². The van der Waals surface area contributed by atoms with Gasteiger partial charge in [0.05, 0.1) is 19.3 Å². The summed E-state index contributed by atoms with van der Waals surface area (Å²) in [5.41, 5.74) is 0.924. The monoisotopic (exact) mass is 375 g/mol. The van der Waals surface area contributed by atoms with Crippen molar-refractivity contribution in [2.24, 2.45) is 0 Å². The average Bonchev–Trinajstić information content (AvgIpc) is 2.67. The number of rotatable bonds is 8. The summed E-state index contributed by atoms with van der Waals surface area (Å²) < 4.78 is 28.8. The lowest BCUT2D eigenvalue weighted by atomic mass is 10.2. The fraction of sp³-hybridized carbons (Fsp3) is 0.300. The second-order valence-corrected chi connectivity index (χ2v) is 5.75. The third-order valence-electron chi connectivity index (χ3n) is 3.79. The minimum atomic E-state index is -0.778. The first kappa shape index (κ1) is 20.2. The standard InChI is InChI=1S/C20H22FNO5/c1-4-26-16-8-5-14(6-9-16)12-22(2)19(23)13-27-20(24)15-7-10-18(25-3)17(21)11-15/h5-11H,4,12-13H2,1-3H3. The molecule has 0 atom stereocenters. The Morgan fingerprint density at radius 2 is 1.81 bits per heavy atom. The quantitative estimate of drug-likeness (QED) is 0.664. The van der Waals surface area contributed by atoms with E-state index in [1.807, 2.05) is 31.2 Å². The Bertz CT molecular complexity index is 791. The van der Waals surface area contributed by atoms with E-state index in [-0.39, 0.29) is 17.2 Å². The van der Waals surface area contributed by atoms with Crippen LogP contribution < -0.4 is 9.47 Å². The van der Waals surface area contributed by atoms with Crippen LogP contribution in [0.2, 0.25) is 0 Å². The zero-order chi connectivity index (χ0) is 19.8. The Morgan fingerprint density at radius 1 is 1.11 bits per heavy atom. The van der Waals surface area contributed by atoms with Crippen molar-refractivity contribution >= 4 is 11.9 Å². The fourth-order valence-electron chi connectivity index (χ4n) is 2.33. The molecule has 0 bridgehead atoms. The molecule has 27 heavy (non-hydrogen) atoms. The van der Waals surface area contributed by atoms with Crippen LogP contribution in [0.1, 0.15) is 22.8 Å². The number of hydrogen-bond acceptors (Lipinski definition) is 5. The Balaban J connectivity index is 1.86. The van der Waals surface area contributed by atoms with Gasteiger partial charge in [0.2, 0.25) is 0 Å². The van der Waals surface area contributed by atoms with Gasteiger partial charge in [-0.2, -0.15) is 0 Å². The van der Waals surface area contributed by atoms with E-state index in [1.165, 1.54) is 24.1 Å². The molecule has 0 fully saturated rings. The highest BCUT2D eigenvalue weighted by molar-refractivity contribution is 5.91. The van der Waals surface area contributed by atoms with Crippen molar-refractivity contribution in [3.8, 4) is 11.5 Å². The summed E-state index contributed by atoms with van der Waals surface area (Å²) in [4.78, 5) is 25.6. The van der Waals surface area contributed by atoms with Gasteiger partial charge in [-0.15, -0.1) is 0 Å². The Hall–Kier alpha value is -3.09. The van der Waals surface area contributed by atoms with Crippen LogP contribution >= 0.6 is 0 Å². The largest absolute Gasteiger partial charge is 0.494 e. The first-order valence-corrected chi connectivity index (χ1v) is 8.41. The first-order chi connectivity index (χ1) is 12.9. The van der Waals surface area contributed by atoms with Gasteiger partial charge >= 0.3 is 5.97 Å². The molecule has 6 nitrogen and oxygen atoms in total. The van der Waals surface area contributed by atoms with Crippen LogP contribution in [-0.4, -0.2) is 44.1 Å². The molecule has 0 spiro atoms. The molecule has 0 aromatic heterocycles. The molecule has 0 aliphatic carbocycles. The van der Waals surface area contributed by atoms with Crippen molar-refractivity contribution in [3.05, 3.63) is 59.4 Å². The normalized spacial score (nSPS) is 10.2. The van der Waals surface area contributed by atoms with Crippen molar-refractivity contribution in [2.45, 2.75) is 13.5 Å². The maximum absolute atomic E-state index is 13.6. The van der Waals surface area contributed by atoms with Gasteiger partial charge in [0, 0.05) is 13.6 Å². The number of ether oxygens (including phenoxy) is 3. The number of amides is 1. The molecular weight excluding hydrogens is 353 g/mol. The summed E-state index contributed by atoms with van der Waals surface area (Å²) in [6.07, 6.45) is 0. The summed E-state index contributed by atoms with van der Waals surface area (Å²) in [6, 6.07) is 11.1. The number of benzene rings is 2. The van der Waals surface area contributed by atoms with Gasteiger partial charge in [-0.25, -0.2) is 9.18 Å². The van der Waals surface area contributed by atoms with Gasteiger partial charge in [-0.1, -0.05) is 12.1 Å². The molecule has 2 aromatic rings. The van der Waals surface area contributed by atoms with Crippen molar-refractivity contribution < 1.29 is 28.2 Å². The SMILES string of the molecule is CCOc1ccc(CN(C)C(=O)COC(=O)c2ccc(OC)c(F)c2)cc1. The van der Waals surface area contributed by atoms with E-state index < -0.39 is 18.4 Å². The van der Waals surface area contributed by atoms with Crippen molar-refractivity contribution in [1.82, 2.24) is 4.90 Å². The Morgan fingerprint density at radius 3 is 2.41 bits per heavy atom. The number of carbonyl (C=O) groups is 2. The van der Waals surface area contributed by atoms with Gasteiger partial charge in [-0.3, -0.25) is 4.79 Å². The van der Waals surface area contributed by atoms with Crippen molar-refractivity contribution in [2.75, 3.05) is 27.4 Å². The zero-order valence-electron chi connectivity index (χ0n) is 15.5. The molecule has 0 radical (unpaired) electrons. The summed E-state index contributed by atoms with van der Waals surface area (Å²) in [5.74, 6) is -1.04. The predicted molar refractivity (Wildman–Crippen MR) is 97.3 cm³/mol. The molecule has 2 rings (SSSR count). The van der Waals surface area contributed by atoms with Gasteiger partial charge < -0.3 is 19.1 Å². The molecular formula is C20H22FNO5. The number of carbonyl (C=O) groups excluding carboxylic acids is 2. The van der Waals surface area contributed by atoms with E-state index >= 15 is 0 Å². The maximum Gasteiger partial charge on any atom is 0.338 e. The van der Waals surface area contributed by atoms with Crippen molar-refractivity contribution in [1.29, 1.82) is 0 Å². The molecule has 0 unspecified atom stereocenters. The fourth-order valence-corrected chi connectivity index (χ4v) is 2.33. The van der Waals surface area contributed by atoms with Gasteiger partial charge in [-0.05, 0) is 42.8 Å². The maximum atomic E-state index is 13.6. The lowest BCUT2D eigenvalue weighted by molar-refractivity contribution is -0.133. The van der Waals surface area contributed by atoms with Crippen LogP contribution in [0.15, 0.2) is 42.5 Å². The highest BCUT2D eigenvalue weighted by atomic mass is 19.1. The van der Waals surface area contributed by atoms with Crippen molar-refractivity contribution in [3.63, 3.8) is 0 Å². The summed E-state index contributed by atoms with van der Waals surface area (Å²) >= 11 is 0. The highest BCUT2D eigenvalue weighted by Crippen LogP contribution is 2.18. The number of nitrogens with zero attached hydrogens (tertiary/aromatic N) is 1. The van der Waals surface area contributed by atoms with Crippen LogP contribution in [-0.2, 0) is 16.1 Å². The van der Waals surface area contributed by atoms with Crippen LogP contribution in [0.4, 0.5) is 4.39 Å². The summed E-state index contributed by atoms with van der Waals surface area (Å²) in [5, 5.41) is 0. The van der Waals surface area contributed by atoms with Gasteiger partial charge in [0.1, 0.15) is 5.75 Å². The Kier molecular flexibility index (Phi) is 7.16.